The van der Waals surface area contributed by atoms with Crippen molar-refractivity contribution in [2.75, 3.05) is 12.1 Å². The Kier molecular flexibility index (Phi) is 5.51. The molecule has 0 bridgehead atoms. The van der Waals surface area contributed by atoms with Gasteiger partial charge in [0.25, 0.3) is 8.32 Å². The number of benzene rings is 3. The molecular formula is C21H21ClOSi. The Morgan fingerprint density at radius 1 is 0.708 bits per heavy atom. The van der Waals surface area contributed by atoms with Crippen molar-refractivity contribution >= 4 is 30.3 Å². The van der Waals surface area contributed by atoms with Crippen molar-refractivity contribution in [2.24, 2.45) is 0 Å². The predicted molar refractivity (Wildman–Crippen MR) is 106 cm³/mol. The van der Waals surface area contributed by atoms with Crippen molar-refractivity contribution in [3.8, 4) is 11.1 Å². The number of hydrogen-bond donors (Lipinski definition) is 0. The molecule has 0 radical (unpaired) electrons. The Morgan fingerprint density at radius 3 is 1.75 bits per heavy atom. The molecule has 0 spiro atoms. The highest BCUT2D eigenvalue weighted by Crippen LogP contribution is 2.19. The van der Waals surface area contributed by atoms with Gasteiger partial charge in [0.15, 0.2) is 0 Å². The van der Waals surface area contributed by atoms with E-state index < -0.39 is 8.32 Å². The maximum Gasteiger partial charge on any atom is 0.270 e. The minimum atomic E-state index is -2.38. The van der Waals surface area contributed by atoms with Crippen LogP contribution in [0.5, 0.6) is 0 Å². The number of rotatable bonds is 6. The van der Waals surface area contributed by atoms with Crippen LogP contribution in [-0.4, -0.2) is 20.4 Å². The predicted octanol–water partition coefficient (Wildman–Crippen LogP) is 4.23. The van der Waals surface area contributed by atoms with Gasteiger partial charge in [-0.25, -0.2) is 0 Å². The molecular weight excluding hydrogens is 332 g/mol. The molecule has 24 heavy (non-hydrogen) atoms. The first-order valence-electron chi connectivity index (χ1n) is 8.21. The molecule has 0 heterocycles. The molecule has 1 unspecified atom stereocenters. The van der Waals surface area contributed by atoms with E-state index in [4.69, 9.17) is 16.0 Å². The highest BCUT2D eigenvalue weighted by Gasteiger charge is 2.38. The van der Waals surface area contributed by atoms with E-state index >= 15 is 0 Å². The SMILES string of the molecule is CCO[Si](CCl)(c1ccccc1)c1ccc(-c2ccccc2)cc1. The Labute approximate surface area is 150 Å². The number of hydrogen-bond acceptors (Lipinski definition) is 1. The van der Waals surface area contributed by atoms with Crippen LogP contribution in [0, 0.1) is 0 Å². The summed E-state index contributed by atoms with van der Waals surface area (Å²) in [6, 6.07) is 29.5. The third-order valence-electron chi connectivity index (χ3n) is 4.28. The molecule has 3 rings (SSSR count). The second-order valence-corrected chi connectivity index (χ2v) is 9.87. The lowest BCUT2D eigenvalue weighted by atomic mass is 10.1. The molecule has 0 aliphatic rings. The average molecular weight is 353 g/mol. The van der Waals surface area contributed by atoms with Gasteiger partial charge >= 0.3 is 0 Å². The fraction of sp³-hybridized carbons (Fsp3) is 0.143. The van der Waals surface area contributed by atoms with Crippen LogP contribution in [0.4, 0.5) is 0 Å². The van der Waals surface area contributed by atoms with Crippen LogP contribution in [0.3, 0.4) is 0 Å². The van der Waals surface area contributed by atoms with Crippen molar-refractivity contribution in [1.29, 1.82) is 0 Å². The van der Waals surface area contributed by atoms with Gasteiger partial charge in [0.1, 0.15) is 0 Å². The highest BCUT2D eigenvalue weighted by atomic mass is 35.5. The first kappa shape index (κ1) is 17.0. The zero-order chi connectivity index (χ0) is 16.8. The van der Waals surface area contributed by atoms with Gasteiger partial charge in [-0.3, -0.25) is 0 Å². The van der Waals surface area contributed by atoms with Crippen molar-refractivity contribution < 1.29 is 4.43 Å². The van der Waals surface area contributed by atoms with Gasteiger partial charge in [0, 0.05) is 12.1 Å². The molecule has 3 aromatic rings. The maximum atomic E-state index is 6.47. The van der Waals surface area contributed by atoms with Crippen LogP contribution in [0.25, 0.3) is 11.1 Å². The number of alkyl halides is 1. The fourth-order valence-electron chi connectivity index (χ4n) is 3.04. The van der Waals surface area contributed by atoms with Crippen molar-refractivity contribution in [3.63, 3.8) is 0 Å². The molecule has 0 saturated heterocycles. The van der Waals surface area contributed by atoms with Crippen LogP contribution < -0.4 is 10.4 Å². The standard InChI is InChI=1S/C21H21ClOSi/c1-2-23-24(17-22,20-11-7-4-8-12-20)21-15-13-19(14-16-21)18-9-5-3-6-10-18/h3-16H,2,17H2,1H3. The van der Waals surface area contributed by atoms with E-state index in [1.165, 1.54) is 21.5 Å². The third kappa shape index (κ3) is 3.32. The summed E-state index contributed by atoms with van der Waals surface area (Å²) in [5, 5.41) is 2.43. The highest BCUT2D eigenvalue weighted by molar-refractivity contribution is 7.01. The fourth-order valence-corrected chi connectivity index (χ4v) is 7.18. The molecule has 0 N–H and O–H groups in total. The Balaban J connectivity index is 2.03. The van der Waals surface area contributed by atoms with Gasteiger partial charge in [-0.1, -0.05) is 84.9 Å². The Bertz CT molecular complexity index is 759. The van der Waals surface area contributed by atoms with Crippen molar-refractivity contribution in [1.82, 2.24) is 0 Å². The van der Waals surface area contributed by atoms with Gasteiger partial charge < -0.3 is 4.43 Å². The smallest absolute Gasteiger partial charge is 0.270 e. The van der Waals surface area contributed by atoms with E-state index in [1.807, 2.05) is 19.1 Å². The van der Waals surface area contributed by atoms with E-state index in [0.29, 0.717) is 12.1 Å². The molecule has 122 valence electrons. The van der Waals surface area contributed by atoms with Crippen LogP contribution in [0.15, 0.2) is 84.9 Å². The summed E-state index contributed by atoms with van der Waals surface area (Å²) in [5.41, 5.74) is 2.94. The summed E-state index contributed by atoms with van der Waals surface area (Å²) in [4.78, 5) is 0. The minimum Gasteiger partial charge on any atom is -0.407 e. The summed E-state index contributed by atoms with van der Waals surface area (Å²) in [6.07, 6.45) is 0. The van der Waals surface area contributed by atoms with Gasteiger partial charge in [0.05, 0.1) is 0 Å². The second kappa shape index (κ2) is 7.80. The largest absolute Gasteiger partial charge is 0.407 e. The zero-order valence-electron chi connectivity index (χ0n) is 13.8. The molecule has 0 aliphatic carbocycles. The van der Waals surface area contributed by atoms with Gasteiger partial charge in [-0.2, -0.15) is 0 Å². The molecule has 0 aliphatic heterocycles. The first-order chi connectivity index (χ1) is 11.8. The topological polar surface area (TPSA) is 9.23 Å². The van der Waals surface area contributed by atoms with E-state index in [1.54, 1.807) is 0 Å². The van der Waals surface area contributed by atoms with Crippen LogP contribution >= 0.6 is 11.6 Å². The van der Waals surface area contributed by atoms with Gasteiger partial charge in [-0.05, 0) is 28.4 Å². The molecule has 1 nitrogen and oxygen atoms in total. The third-order valence-corrected chi connectivity index (χ3v) is 9.10. The molecule has 3 aromatic carbocycles. The van der Waals surface area contributed by atoms with E-state index in [9.17, 15) is 0 Å². The van der Waals surface area contributed by atoms with E-state index in [2.05, 4.69) is 72.8 Å². The molecule has 0 amide bonds. The molecule has 3 heteroatoms. The zero-order valence-corrected chi connectivity index (χ0v) is 15.5. The number of halogens is 1. The Morgan fingerprint density at radius 2 is 1.21 bits per heavy atom. The van der Waals surface area contributed by atoms with Gasteiger partial charge in [0.2, 0.25) is 0 Å². The molecule has 0 aromatic heterocycles. The van der Waals surface area contributed by atoms with Crippen LogP contribution in [-0.2, 0) is 4.43 Å². The lowest BCUT2D eigenvalue weighted by Gasteiger charge is -2.30. The lowest BCUT2D eigenvalue weighted by Crippen LogP contribution is -2.63. The van der Waals surface area contributed by atoms with Crippen LogP contribution in [0.2, 0.25) is 0 Å². The van der Waals surface area contributed by atoms with Crippen LogP contribution in [0.1, 0.15) is 6.92 Å². The quantitative estimate of drug-likeness (QED) is 0.476. The molecule has 0 fully saturated rings. The summed E-state index contributed by atoms with van der Waals surface area (Å²) < 4.78 is 6.30. The van der Waals surface area contributed by atoms with Crippen molar-refractivity contribution in [2.45, 2.75) is 6.92 Å². The average Bonchev–Trinajstić information content (AvgIpc) is 2.68. The maximum absolute atomic E-state index is 6.47. The minimum absolute atomic E-state index is 0.509. The van der Waals surface area contributed by atoms with Gasteiger partial charge in [-0.15, -0.1) is 11.6 Å². The van der Waals surface area contributed by atoms with E-state index in [-0.39, 0.29) is 0 Å². The summed E-state index contributed by atoms with van der Waals surface area (Å²) >= 11 is 6.47. The normalized spacial score (nSPS) is 13.4. The summed E-state index contributed by atoms with van der Waals surface area (Å²) in [7, 11) is -2.38. The van der Waals surface area contributed by atoms with Crippen molar-refractivity contribution in [3.05, 3.63) is 84.9 Å². The Hall–Kier alpha value is -1.87. The first-order valence-corrected chi connectivity index (χ1v) is 10.9. The second-order valence-electron chi connectivity index (χ2n) is 5.70. The lowest BCUT2D eigenvalue weighted by molar-refractivity contribution is 0.342. The summed E-state index contributed by atoms with van der Waals surface area (Å²) in [5.74, 6) is 0. The van der Waals surface area contributed by atoms with E-state index in [0.717, 1.165) is 0 Å². The summed E-state index contributed by atoms with van der Waals surface area (Å²) in [6.45, 7) is 2.70. The molecule has 0 saturated carbocycles. The monoisotopic (exact) mass is 352 g/mol. The molecule has 1 atom stereocenters.